The van der Waals surface area contributed by atoms with Crippen LogP contribution in [0.3, 0.4) is 0 Å². The standard InChI is InChI=1S/C9H7BrF3NO2/c1-5-6(4-10)2-7(9(11,12)13)3-8(5)14(15)16/h2-3H,4H2,1H3. The van der Waals surface area contributed by atoms with Gasteiger partial charge in [-0.1, -0.05) is 15.9 Å². The van der Waals surface area contributed by atoms with Crippen molar-refractivity contribution in [2.75, 3.05) is 0 Å². The molecule has 0 aliphatic rings. The SMILES string of the molecule is Cc1c(CBr)cc(C(F)(F)F)cc1[N+](=O)[O-]. The molecule has 0 spiro atoms. The minimum Gasteiger partial charge on any atom is -0.258 e. The van der Waals surface area contributed by atoms with Crippen LogP contribution in [0.2, 0.25) is 0 Å². The van der Waals surface area contributed by atoms with Crippen molar-refractivity contribution < 1.29 is 18.1 Å². The predicted octanol–water partition coefficient (Wildman–Crippen LogP) is 3.82. The Morgan fingerprint density at radius 2 is 2.00 bits per heavy atom. The Morgan fingerprint density at radius 1 is 1.44 bits per heavy atom. The topological polar surface area (TPSA) is 43.1 Å². The van der Waals surface area contributed by atoms with Crippen LogP contribution in [0.1, 0.15) is 16.7 Å². The van der Waals surface area contributed by atoms with Crippen LogP contribution in [0, 0.1) is 17.0 Å². The summed E-state index contributed by atoms with van der Waals surface area (Å²) < 4.78 is 37.3. The lowest BCUT2D eigenvalue weighted by Crippen LogP contribution is -2.08. The molecule has 0 radical (unpaired) electrons. The Hall–Kier alpha value is -1.11. The van der Waals surface area contributed by atoms with E-state index in [-0.39, 0.29) is 16.5 Å². The third kappa shape index (κ3) is 2.52. The molecule has 0 aliphatic carbocycles. The van der Waals surface area contributed by atoms with Gasteiger partial charge in [-0.2, -0.15) is 13.2 Å². The van der Waals surface area contributed by atoms with E-state index in [0.29, 0.717) is 6.07 Å². The van der Waals surface area contributed by atoms with Gasteiger partial charge < -0.3 is 0 Å². The lowest BCUT2D eigenvalue weighted by Gasteiger charge is -2.10. The Labute approximate surface area is 97.5 Å². The minimum absolute atomic E-state index is 0.142. The van der Waals surface area contributed by atoms with E-state index in [4.69, 9.17) is 0 Å². The molecule has 1 aromatic rings. The van der Waals surface area contributed by atoms with Crippen LogP contribution in [0.4, 0.5) is 18.9 Å². The van der Waals surface area contributed by atoms with Crippen molar-refractivity contribution in [3.8, 4) is 0 Å². The summed E-state index contributed by atoms with van der Waals surface area (Å²) in [5, 5.41) is 10.7. The van der Waals surface area contributed by atoms with Crippen molar-refractivity contribution in [2.24, 2.45) is 0 Å². The quantitative estimate of drug-likeness (QED) is 0.473. The van der Waals surface area contributed by atoms with E-state index in [2.05, 4.69) is 15.9 Å². The highest BCUT2D eigenvalue weighted by molar-refractivity contribution is 9.08. The summed E-state index contributed by atoms with van der Waals surface area (Å²) in [5.41, 5.74) is -1.00. The molecular formula is C9H7BrF3NO2. The molecule has 0 N–H and O–H groups in total. The van der Waals surface area contributed by atoms with Crippen molar-refractivity contribution in [3.05, 3.63) is 38.9 Å². The average molecular weight is 298 g/mol. The molecule has 0 heterocycles. The van der Waals surface area contributed by atoms with Crippen LogP contribution in [0.5, 0.6) is 0 Å². The molecule has 0 aliphatic heterocycles. The molecule has 1 aromatic carbocycles. The largest absolute Gasteiger partial charge is 0.416 e. The number of alkyl halides is 4. The zero-order valence-electron chi connectivity index (χ0n) is 8.14. The molecule has 1 rings (SSSR count). The van der Waals surface area contributed by atoms with Gasteiger partial charge in [0.15, 0.2) is 0 Å². The first-order valence-electron chi connectivity index (χ1n) is 4.18. The molecular weight excluding hydrogens is 291 g/mol. The van der Waals surface area contributed by atoms with E-state index >= 15 is 0 Å². The highest BCUT2D eigenvalue weighted by Gasteiger charge is 2.33. The summed E-state index contributed by atoms with van der Waals surface area (Å²) in [6, 6.07) is 1.47. The molecule has 0 saturated carbocycles. The molecule has 0 unspecified atom stereocenters. The molecule has 0 fully saturated rings. The Kier molecular flexibility index (Phi) is 3.57. The van der Waals surface area contributed by atoms with Crippen LogP contribution < -0.4 is 0 Å². The van der Waals surface area contributed by atoms with Gasteiger partial charge in [-0.25, -0.2) is 0 Å². The Bertz CT molecular complexity index is 431. The lowest BCUT2D eigenvalue weighted by molar-refractivity contribution is -0.385. The number of benzene rings is 1. The van der Waals surface area contributed by atoms with Crippen molar-refractivity contribution in [1.29, 1.82) is 0 Å². The second-order valence-corrected chi connectivity index (χ2v) is 3.73. The fourth-order valence-corrected chi connectivity index (χ4v) is 1.83. The Morgan fingerprint density at radius 3 is 2.38 bits per heavy atom. The fourth-order valence-electron chi connectivity index (χ4n) is 1.25. The van der Waals surface area contributed by atoms with Crippen molar-refractivity contribution in [1.82, 2.24) is 0 Å². The summed E-state index contributed by atoms with van der Waals surface area (Å²) in [6.07, 6.45) is -4.57. The van der Waals surface area contributed by atoms with Crippen LogP contribution in [-0.4, -0.2) is 4.92 Å². The van der Waals surface area contributed by atoms with Crippen LogP contribution in [0.25, 0.3) is 0 Å². The maximum atomic E-state index is 12.4. The number of nitro groups is 1. The maximum absolute atomic E-state index is 12.4. The van der Waals surface area contributed by atoms with Crippen molar-refractivity contribution >= 4 is 21.6 Å². The highest BCUT2D eigenvalue weighted by Crippen LogP contribution is 2.35. The first-order chi connectivity index (χ1) is 7.27. The molecule has 0 saturated heterocycles. The predicted molar refractivity (Wildman–Crippen MR) is 55.5 cm³/mol. The third-order valence-corrected chi connectivity index (χ3v) is 2.76. The van der Waals surface area contributed by atoms with Gasteiger partial charge in [-0.3, -0.25) is 10.1 Å². The van der Waals surface area contributed by atoms with Gasteiger partial charge in [-0.05, 0) is 18.6 Å². The van der Waals surface area contributed by atoms with Gasteiger partial charge in [-0.15, -0.1) is 0 Å². The normalized spacial score (nSPS) is 11.6. The summed E-state index contributed by atoms with van der Waals surface area (Å²) in [5.74, 6) is 0. The van der Waals surface area contributed by atoms with Crippen LogP contribution in [-0.2, 0) is 11.5 Å². The maximum Gasteiger partial charge on any atom is 0.416 e. The summed E-state index contributed by atoms with van der Waals surface area (Å²) in [4.78, 5) is 9.78. The van der Waals surface area contributed by atoms with Gasteiger partial charge in [0, 0.05) is 17.0 Å². The first kappa shape index (κ1) is 13.0. The fraction of sp³-hybridized carbons (Fsp3) is 0.333. The lowest BCUT2D eigenvalue weighted by atomic mass is 10.0. The van der Waals surface area contributed by atoms with Crippen molar-refractivity contribution in [2.45, 2.75) is 18.4 Å². The highest BCUT2D eigenvalue weighted by atomic mass is 79.9. The summed E-state index contributed by atoms with van der Waals surface area (Å²) in [7, 11) is 0. The number of nitrogens with zero attached hydrogens (tertiary/aromatic N) is 1. The van der Waals surface area contributed by atoms with E-state index in [9.17, 15) is 23.3 Å². The number of rotatable bonds is 2. The van der Waals surface area contributed by atoms with Gasteiger partial charge in [0.2, 0.25) is 0 Å². The molecule has 88 valence electrons. The first-order valence-corrected chi connectivity index (χ1v) is 5.30. The molecule has 16 heavy (non-hydrogen) atoms. The second-order valence-electron chi connectivity index (χ2n) is 3.17. The van der Waals surface area contributed by atoms with Gasteiger partial charge in [0.05, 0.1) is 10.5 Å². The second kappa shape index (κ2) is 4.40. The smallest absolute Gasteiger partial charge is 0.258 e. The zero-order valence-corrected chi connectivity index (χ0v) is 9.72. The number of nitro benzene ring substituents is 1. The summed E-state index contributed by atoms with van der Waals surface area (Å²) >= 11 is 3.00. The average Bonchev–Trinajstić information content (AvgIpc) is 2.15. The molecule has 0 aromatic heterocycles. The van der Waals surface area contributed by atoms with Gasteiger partial charge >= 0.3 is 6.18 Å². The van der Waals surface area contributed by atoms with E-state index < -0.39 is 22.4 Å². The van der Waals surface area contributed by atoms with E-state index in [1.54, 1.807) is 0 Å². The molecule has 0 amide bonds. The summed E-state index contributed by atoms with van der Waals surface area (Å²) in [6.45, 7) is 1.43. The van der Waals surface area contributed by atoms with Gasteiger partial charge in [0.25, 0.3) is 5.69 Å². The number of hydrogen-bond acceptors (Lipinski definition) is 2. The Balaban J connectivity index is 3.46. The van der Waals surface area contributed by atoms with Crippen LogP contribution >= 0.6 is 15.9 Å². The minimum atomic E-state index is -4.57. The number of halogens is 4. The molecule has 3 nitrogen and oxygen atoms in total. The van der Waals surface area contributed by atoms with Gasteiger partial charge in [0.1, 0.15) is 0 Å². The van der Waals surface area contributed by atoms with E-state index in [1.807, 2.05) is 0 Å². The third-order valence-electron chi connectivity index (χ3n) is 2.16. The molecule has 7 heteroatoms. The monoisotopic (exact) mass is 297 g/mol. The van der Waals surface area contributed by atoms with Crippen LogP contribution in [0.15, 0.2) is 12.1 Å². The molecule has 0 atom stereocenters. The van der Waals surface area contributed by atoms with E-state index in [1.165, 1.54) is 6.92 Å². The van der Waals surface area contributed by atoms with E-state index in [0.717, 1.165) is 6.07 Å². The number of hydrogen-bond donors (Lipinski definition) is 0. The molecule has 0 bridgehead atoms. The van der Waals surface area contributed by atoms with Crippen molar-refractivity contribution in [3.63, 3.8) is 0 Å². The zero-order chi connectivity index (χ0) is 12.5.